The van der Waals surface area contributed by atoms with Gasteiger partial charge in [0, 0.05) is 29.7 Å². The van der Waals surface area contributed by atoms with E-state index in [-0.39, 0.29) is 5.88 Å². The Morgan fingerprint density at radius 2 is 2.15 bits per heavy atom. The number of aromatic nitrogens is 4. The lowest BCUT2D eigenvalue weighted by atomic mass is 10.1. The molecule has 4 rings (SSSR count). The summed E-state index contributed by atoms with van der Waals surface area (Å²) in [7, 11) is 1.39. The van der Waals surface area contributed by atoms with E-state index in [0.29, 0.717) is 11.3 Å². The number of rotatable bonds is 6. The minimum Gasteiger partial charge on any atom is -0.479 e. The average molecular weight is 367 g/mol. The van der Waals surface area contributed by atoms with E-state index in [2.05, 4.69) is 32.6 Å². The summed E-state index contributed by atoms with van der Waals surface area (Å²) in [4.78, 5) is 8.68. The molecule has 27 heavy (non-hydrogen) atoms. The predicted molar refractivity (Wildman–Crippen MR) is 101 cm³/mol. The van der Waals surface area contributed by atoms with Gasteiger partial charge in [0.15, 0.2) is 5.82 Å². The third-order valence-corrected chi connectivity index (χ3v) is 4.76. The van der Waals surface area contributed by atoms with Crippen molar-refractivity contribution >= 4 is 5.82 Å². The smallest absolute Gasteiger partial charge is 0.250 e. The van der Waals surface area contributed by atoms with Crippen LogP contribution in [0.3, 0.4) is 0 Å². The normalized spacial score (nSPS) is 13.1. The van der Waals surface area contributed by atoms with Crippen molar-refractivity contribution in [2.24, 2.45) is 0 Å². The minimum absolute atomic E-state index is 0.0125. The quantitative estimate of drug-likeness (QED) is 0.697. The molecule has 1 aliphatic heterocycles. The Bertz CT molecular complexity index is 940. The zero-order valence-corrected chi connectivity index (χ0v) is 15.3. The first-order valence-electron chi connectivity index (χ1n) is 9.20. The van der Waals surface area contributed by atoms with Crippen molar-refractivity contribution in [1.29, 1.82) is 0 Å². The molecule has 7 heteroatoms. The zero-order valence-electron chi connectivity index (χ0n) is 15.3. The molecule has 3 aromatic heterocycles. The maximum atomic E-state index is 13.8. The Morgan fingerprint density at radius 3 is 3.00 bits per heavy atom. The molecule has 0 amide bonds. The van der Waals surface area contributed by atoms with Crippen molar-refractivity contribution in [2.75, 3.05) is 19.0 Å². The predicted octanol–water partition coefficient (Wildman–Crippen LogP) is 3.55. The fraction of sp³-hybridized carbons (Fsp3) is 0.350. The first-order valence-corrected chi connectivity index (χ1v) is 9.20. The van der Waals surface area contributed by atoms with Gasteiger partial charge in [-0.15, -0.1) is 0 Å². The molecular formula is C20H22FN5O. The fourth-order valence-electron chi connectivity index (χ4n) is 3.32. The molecule has 2 N–H and O–H groups in total. The Kier molecular flexibility index (Phi) is 5.00. The lowest BCUT2D eigenvalue weighted by Crippen LogP contribution is -2.14. The molecule has 0 saturated carbocycles. The fourth-order valence-corrected chi connectivity index (χ4v) is 3.32. The van der Waals surface area contributed by atoms with Crippen molar-refractivity contribution in [3.63, 3.8) is 0 Å². The van der Waals surface area contributed by atoms with Gasteiger partial charge in [0.1, 0.15) is 5.82 Å². The van der Waals surface area contributed by atoms with Gasteiger partial charge in [0.2, 0.25) is 5.88 Å². The lowest BCUT2D eigenvalue weighted by Gasteiger charge is -2.17. The molecular weight excluding hydrogens is 345 g/mol. The Labute approximate surface area is 157 Å². The highest BCUT2D eigenvalue weighted by atomic mass is 19.1. The number of pyridine rings is 2. The van der Waals surface area contributed by atoms with E-state index in [4.69, 9.17) is 9.72 Å². The number of fused-ring (bicyclic) bond motifs is 1. The van der Waals surface area contributed by atoms with E-state index in [1.165, 1.54) is 25.2 Å². The van der Waals surface area contributed by atoms with Crippen molar-refractivity contribution in [3.8, 4) is 17.1 Å². The van der Waals surface area contributed by atoms with Crippen molar-refractivity contribution in [3.05, 3.63) is 53.2 Å². The second kappa shape index (κ2) is 7.73. The van der Waals surface area contributed by atoms with E-state index >= 15 is 0 Å². The van der Waals surface area contributed by atoms with Crippen LogP contribution < -0.4 is 10.1 Å². The molecule has 0 aromatic carbocycles. The van der Waals surface area contributed by atoms with Crippen LogP contribution in [0.1, 0.15) is 29.8 Å². The van der Waals surface area contributed by atoms with Gasteiger partial charge in [-0.1, -0.05) is 6.07 Å². The van der Waals surface area contributed by atoms with Gasteiger partial charge >= 0.3 is 0 Å². The summed E-state index contributed by atoms with van der Waals surface area (Å²) < 4.78 is 18.7. The molecule has 0 atom stereocenters. The monoisotopic (exact) mass is 367 g/mol. The van der Waals surface area contributed by atoms with E-state index in [0.717, 1.165) is 49.4 Å². The minimum atomic E-state index is -0.494. The van der Waals surface area contributed by atoms with Crippen LogP contribution in [0.4, 0.5) is 10.2 Å². The summed E-state index contributed by atoms with van der Waals surface area (Å²) in [5.74, 6) is 0.532. The van der Waals surface area contributed by atoms with Crippen molar-refractivity contribution in [1.82, 2.24) is 20.2 Å². The maximum Gasteiger partial charge on any atom is 0.250 e. The number of hydrogen-bond donors (Lipinski definition) is 2. The number of ether oxygens (including phenoxy) is 1. The van der Waals surface area contributed by atoms with Gasteiger partial charge < -0.3 is 10.1 Å². The third kappa shape index (κ3) is 3.92. The summed E-state index contributed by atoms with van der Waals surface area (Å²) in [6.07, 6.45) is 6.55. The number of nitrogens with one attached hydrogen (secondary N) is 2. The molecule has 4 heterocycles. The lowest BCUT2D eigenvalue weighted by molar-refractivity contribution is 0.369. The Morgan fingerprint density at radius 1 is 1.22 bits per heavy atom. The SMILES string of the molecule is COc1ncc(-c2cc(CCCc3ccc4c(n3)NCCC4)[nH]n2)cc1F. The molecule has 0 saturated heterocycles. The summed E-state index contributed by atoms with van der Waals surface area (Å²) >= 11 is 0. The van der Waals surface area contributed by atoms with Crippen LogP contribution in [-0.2, 0) is 19.3 Å². The van der Waals surface area contributed by atoms with Crippen molar-refractivity contribution < 1.29 is 9.13 Å². The van der Waals surface area contributed by atoms with Crippen LogP contribution in [0.2, 0.25) is 0 Å². The molecule has 1 aliphatic rings. The highest BCUT2D eigenvalue weighted by molar-refractivity contribution is 5.58. The largest absolute Gasteiger partial charge is 0.479 e. The van der Waals surface area contributed by atoms with Crippen LogP contribution >= 0.6 is 0 Å². The number of aryl methyl sites for hydroxylation is 3. The molecule has 140 valence electrons. The molecule has 0 radical (unpaired) electrons. The second-order valence-corrected chi connectivity index (χ2v) is 6.69. The maximum absolute atomic E-state index is 13.8. The number of aromatic amines is 1. The van der Waals surface area contributed by atoms with Gasteiger partial charge in [-0.2, -0.15) is 5.10 Å². The van der Waals surface area contributed by atoms with E-state index in [9.17, 15) is 4.39 Å². The van der Waals surface area contributed by atoms with Gasteiger partial charge in [-0.05, 0) is 55.9 Å². The zero-order chi connectivity index (χ0) is 18.6. The average Bonchev–Trinajstić information content (AvgIpc) is 3.17. The van der Waals surface area contributed by atoms with Crippen LogP contribution in [0.15, 0.2) is 30.5 Å². The highest BCUT2D eigenvalue weighted by Crippen LogP contribution is 2.23. The van der Waals surface area contributed by atoms with Gasteiger partial charge in [0.25, 0.3) is 0 Å². The number of hydrogen-bond acceptors (Lipinski definition) is 5. The standard InChI is InChI=1S/C20H22FN5O/c1-27-20-17(21)10-14(12-23-20)18-11-16(25-26-18)6-2-5-15-8-7-13-4-3-9-22-19(13)24-15/h7-8,10-12H,2-6,9H2,1H3,(H,22,24)(H,25,26). The van der Waals surface area contributed by atoms with Crippen LogP contribution in [-0.4, -0.2) is 33.8 Å². The number of H-pyrrole nitrogens is 1. The number of halogens is 1. The van der Waals surface area contributed by atoms with Crippen LogP contribution in [0.25, 0.3) is 11.3 Å². The molecule has 6 nitrogen and oxygen atoms in total. The topological polar surface area (TPSA) is 75.7 Å². The van der Waals surface area contributed by atoms with Crippen molar-refractivity contribution in [2.45, 2.75) is 32.1 Å². The van der Waals surface area contributed by atoms with E-state index in [1.54, 1.807) is 6.20 Å². The molecule has 0 spiro atoms. The van der Waals surface area contributed by atoms with Crippen LogP contribution in [0.5, 0.6) is 5.88 Å². The summed E-state index contributed by atoms with van der Waals surface area (Å²) in [6.45, 7) is 1.00. The second-order valence-electron chi connectivity index (χ2n) is 6.69. The summed E-state index contributed by atoms with van der Waals surface area (Å²) in [5.41, 5.74) is 4.72. The number of methoxy groups -OCH3 is 1. The molecule has 0 unspecified atom stereocenters. The Balaban J connectivity index is 1.36. The summed E-state index contributed by atoms with van der Waals surface area (Å²) in [6, 6.07) is 7.62. The van der Waals surface area contributed by atoms with Gasteiger partial charge in [0.05, 0.1) is 12.8 Å². The summed E-state index contributed by atoms with van der Waals surface area (Å²) in [5, 5.41) is 10.7. The highest BCUT2D eigenvalue weighted by Gasteiger charge is 2.11. The molecule has 0 bridgehead atoms. The third-order valence-electron chi connectivity index (χ3n) is 4.76. The van der Waals surface area contributed by atoms with Gasteiger partial charge in [-0.25, -0.2) is 14.4 Å². The first kappa shape index (κ1) is 17.5. The molecule has 3 aromatic rings. The van der Waals surface area contributed by atoms with Gasteiger partial charge in [-0.3, -0.25) is 5.10 Å². The van der Waals surface area contributed by atoms with E-state index < -0.39 is 5.82 Å². The molecule has 0 aliphatic carbocycles. The number of anilines is 1. The van der Waals surface area contributed by atoms with E-state index in [1.807, 2.05) is 6.07 Å². The first-order chi connectivity index (χ1) is 13.2. The number of nitrogens with zero attached hydrogens (tertiary/aromatic N) is 3. The van der Waals surface area contributed by atoms with Crippen LogP contribution in [0, 0.1) is 5.82 Å². The Hall–Kier alpha value is -2.96. The molecule has 0 fully saturated rings.